The zero-order chi connectivity index (χ0) is 18.7. The van der Waals surface area contributed by atoms with Gasteiger partial charge >= 0.3 is 0 Å². The molecular formula is C19H24N4O2S. The van der Waals surface area contributed by atoms with Crippen LogP contribution in [-0.4, -0.2) is 40.0 Å². The van der Waals surface area contributed by atoms with Crippen LogP contribution in [0.5, 0.6) is 0 Å². The van der Waals surface area contributed by atoms with E-state index >= 15 is 0 Å². The lowest BCUT2D eigenvalue weighted by molar-refractivity contribution is -0.135. The van der Waals surface area contributed by atoms with Gasteiger partial charge in [0.1, 0.15) is 5.01 Å². The lowest BCUT2D eigenvalue weighted by Crippen LogP contribution is -2.41. The average Bonchev–Trinajstić information content (AvgIpc) is 3.13. The number of piperidine rings is 1. The Kier molecular flexibility index (Phi) is 5.66. The number of para-hydroxylation sites is 1. The molecule has 1 fully saturated rings. The highest BCUT2D eigenvalue weighted by Gasteiger charge is 2.29. The lowest BCUT2D eigenvalue weighted by atomic mass is 9.97. The van der Waals surface area contributed by atoms with E-state index in [1.807, 2.05) is 49.9 Å². The number of hydrogen-bond donors (Lipinski definition) is 1. The van der Waals surface area contributed by atoms with E-state index in [4.69, 9.17) is 0 Å². The minimum absolute atomic E-state index is 0.00128. The molecule has 2 heterocycles. The Morgan fingerprint density at radius 1 is 1.27 bits per heavy atom. The van der Waals surface area contributed by atoms with Gasteiger partial charge in [0.15, 0.2) is 0 Å². The molecule has 1 saturated heterocycles. The molecule has 1 N–H and O–H groups in total. The number of hydrogen-bond acceptors (Lipinski definition) is 5. The van der Waals surface area contributed by atoms with Gasteiger partial charge in [0.25, 0.3) is 5.91 Å². The standard InChI is InChI=1S/C19H24N4O2S/c1-12(2)19(25)23-10-6-8-14(11-23)17-21-22-18(26-17)16(24)20-15-9-5-4-7-13(15)3/h4-5,7,9,12,14H,6,8,10-11H2,1-3H3,(H,20,24)/t14-/m0/s1. The van der Waals surface area contributed by atoms with Crippen molar-refractivity contribution >= 4 is 28.8 Å². The summed E-state index contributed by atoms with van der Waals surface area (Å²) in [4.78, 5) is 26.6. The van der Waals surface area contributed by atoms with Gasteiger partial charge in [0, 0.05) is 30.6 Å². The van der Waals surface area contributed by atoms with E-state index in [-0.39, 0.29) is 23.7 Å². The summed E-state index contributed by atoms with van der Waals surface area (Å²) in [6, 6.07) is 7.63. The molecule has 0 bridgehead atoms. The van der Waals surface area contributed by atoms with Gasteiger partial charge in [-0.15, -0.1) is 10.2 Å². The molecule has 3 rings (SSSR count). The van der Waals surface area contributed by atoms with Crippen LogP contribution in [-0.2, 0) is 4.79 Å². The van der Waals surface area contributed by atoms with E-state index in [1.165, 1.54) is 11.3 Å². The molecule has 2 aromatic rings. The Labute approximate surface area is 157 Å². The first-order chi connectivity index (χ1) is 12.5. The van der Waals surface area contributed by atoms with Crippen LogP contribution in [0, 0.1) is 12.8 Å². The van der Waals surface area contributed by atoms with E-state index in [0.717, 1.165) is 35.6 Å². The molecule has 138 valence electrons. The minimum Gasteiger partial charge on any atom is -0.342 e. The molecule has 26 heavy (non-hydrogen) atoms. The Bertz CT molecular complexity index is 802. The van der Waals surface area contributed by atoms with Crippen molar-refractivity contribution in [2.45, 2.75) is 39.5 Å². The highest BCUT2D eigenvalue weighted by atomic mass is 32.1. The van der Waals surface area contributed by atoms with Crippen LogP contribution in [0.3, 0.4) is 0 Å². The Hall–Kier alpha value is -2.28. The molecule has 7 heteroatoms. The topological polar surface area (TPSA) is 75.2 Å². The first-order valence-corrected chi connectivity index (χ1v) is 9.76. The zero-order valence-electron chi connectivity index (χ0n) is 15.4. The molecule has 1 atom stereocenters. The molecule has 6 nitrogen and oxygen atoms in total. The van der Waals surface area contributed by atoms with Crippen LogP contribution >= 0.6 is 11.3 Å². The lowest BCUT2D eigenvalue weighted by Gasteiger charge is -2.32. The van der Waals surface area contributed by atoms with E-state index < -0.39 is 0 Å². The Balaban J connectivity index is 1.68. The van der Waals surface area contributed by atoms with Crippen molar-refractivity contribution in [3.8, 4) is 0 Å². The second-order valence-corrected chi connectivity index (χ2v) is 8.00. The largest absolute Gasteiger partial charge is 0.342 e. The summed E-state index contributed by atoms with van der Waals surface area (Å²) in [7, 11) is 0. The zero-order valence-corrected chi connectivity index (χ0v) is 16.2. The fourth-order valence-electron chi connectivity index (χ4n) is 3.12. The maximum atomic E-state index is 12.5. The SMILES string of the molecule is Cc1ccccc1NC(=O)c1nnc([C@H]2CCCN(C(=O)C(C)C)C2)s1. The number of amides is 2. The van der Waals surface area contributed by atoms with Crippen LogP contribution in [0.4, 0.5) is 5.69 Å². The van der Waals surface area contributed by atoms with Gasteiger partial charge in [-0.05, 0) is 31.4 Å². The fourth-order valence-corrected chi connectivity index (χ4v) is 3.99. The normalized spacial score (nSPS) is 17.4. The number of aromatic nitrogens is 2. The average molecular weight is 372 g/mol. The number of carbonyl (C=O) groups is 2. The monoisotopic (exact) mass is 372 g/mol. The predicted molar refractivity (Wildman–Crippen MR) is 102 cm³/mol. The van der Waals surface area contributed by atoms with Crippen molar-refractivity contribution in [1.82, 2.24) is 15.1 Å². The summed E-state index contributed by atoms with van der Waals surface area (Å²) in [6.07, 6.45) is 1.92. The summed E-state index contributed by atoms with van der Waals surface area (Å²) in [5, 5.41) is 12.4. The van der Waals surface area contributed by atoms with Crippen molar-refractivity contribution < 1.29 is 9.59 Å². The number of rotatable bonds is 4. The van der Waals surface area contributed by atoms with Crippen molar-refractivity contribution in [3.63, 3.8) is 0 Å². The number of aryl methyl sites for hydroxylation is 1. The van der Waals surface area contributed by atoms with E-state index in [0.29, 0.717) is 11.6 Å². The molecule has 0 aliphatic carbocycles. The number of likely N-dealkylation sites (tertiary alicyclic amines) is 1. The van der Waals surface area contributed by atoms with Gasteiger partial charge in [-0.25, -0.2) is 0 Å². The van der Waals surface area contributed by atoms with E-state index in [1.54, 1.807) is 0 Å². The van der Waals surface area contributed by atoms with E-state index in [9.17, 15) is 9.59 Å². The van der Waals surface area contributed by atoms with Crippen molar-refractivity contribution in [2.75, 3.05) is 18.4 Å². The number of anilines is 1. The van der Waals surface area contributed by atoms with Gasteiger partial charge in [-0.3, -0.25) is 9.59 Å². The molecular weight excluding hydrogens is 348 g/mol. The predicted octanol–water partition coefficient (Wildman–Crippen LogP) is 3.46. The van der Waals surface area contributed by atoms with Crippen LogP contribution in [0.2, 0.25) is 0 Å². The molecule has 1 aliphatic rings. The van der Waals surface area contributed by atoms with Crippen LogP contribution < -0.4 is 5.32 Å². The maximum Gasteiger partial charge on any atom is 0.286 e. The summed E-state index contributed by atoms with van der Waals surface area (Å²) < 4.78 is 0. The van der Waals surface area contributed by atoms with Crippen molar-refractivity contribution in [3.05, 3.63) is 39.8 Å². The number of benzene rings is 1. The molecule has 1 aliphatic heterocycles. The Morgan fingerprint density at radius 2 is 2.04 bits per heavy atom. The number of nitrogens with one attached hydrogen (secondary N) is 1. The van der Waals surface area contributed by atoms with Crippen molar-refractivity contribution in [2.24, 2.45) is 5.92 Å². The van der Waals surface area contributed by atoms with Gasteiger partial charge < -0.3 is 10.2 Å². The van der Waals surface area contributed by atoms with Gasteiger partial charge in [-0.1, -0.05) is 43.4 Å². The molecule has 0 spiro atoms. The quantitative estimate of drug-likeness (QED) is 0.892. The van der Waals surface area contributed by atoms with E-state index in [2.05, 4.69) is 15.5 Å². The van der Waals surface area contributed by atoms with Crippen LogP contribution in [0.15, 0.2) is 24.3 Å². The second kappa shape index (κ2) is 7.95. The maximum absolute atomic E-state index is 12.5. The highest BCUT2D eigenvalue weighted by Crippen LogP contribution is 2.30. The Morgan fingerprint density at radius 3 is 2.77 bits per heavy atom. The molecule has 0 radical (unpaired) electrons. The summed E-state index contributed by atoms with van der Waals surface area (Å²) in [5.74, 6) is 0.0910. The molecule has 2 amide bonds. The third-order valence-corrected chi connectivity index (χ3v) is 5.69. The van der Waals surface area contributed by atoms with Crippen molar-refractivity contribution in [1.29, 1.82) is 0 Å². The van der Waals surface area contributed by atoms with Gasteiger partial charge in [0.05, 0.1) is 0 Å². The molecule has 0 saturated carbocycles. The smallest absolute Gasteiger partial charge is 0.286 e. The van der Waals surface area contributed by atoms with Gasteiger partial charge in [0.2, 0.25) is 10.9 Å². The molecule has 1 aromatic carbocycles. The second-order valence-electron chi connectivity index (χ2n) is 6.99. The number of nitrogens with zero attached hydrogens (tertiary/aromatic N) is 3. The van der Waals surface area contributed by atoms with Crippen LogP contribution in [0.1, 0.15) is 53.0 Å². The fraction of sp³-hybridized carbons (Fsp3) is 0.474. The summed E-state index contributed by atoms with van der Waals surface area (Å²) in [5.41, 5.74) is 1.78. The summed E-state index contributed by atoms with van der Waals surface area (Å²) >= 11 is 1.32. The molecule has 0 unspecified atom stereocenters. The first kappa shape index (κ1) is 18.5. The summed E-state index contributed by atoms with van der Waals surface area (Å²) in [6.45, 7) is 7.25. The first-order valence-electron chi connectivity index (χ1n) is 8.95. The number of carbonyl (C=O) groups excluding carboxylic acids is 2. The van der Waals surface area contributed by atoms with Gasteiger partial charge in [-0.2, -0.15) is 0 Å². The minimum atomic E-state index is -0.242. The van der Waals surface area contributed by atoms with Crippen LogP contribution in [0.25, 0.3) is 0 Å². The molecule has 1 aromatic heterocycles. The highest BCUT2D eigenvalue weighted by molar-refractivity contribution is 7.13. The third kappa shape index (κ3) is 4.09. The third-order valence-electron chi connectivity index (χ3n) is 4.60.